The molecule has 0 saturated heterocycles. The largest absolute Gasteiger partial charge is 0.399 e. The molecule has 0 aromatic heterocycles. The van der Waals surface area contributed by atoms with E-state index in [1.54, 1.807) is 12.1 Å². The van der Waals surface area contributed by atoms with E-state index >= 15 is 0 Å². The third kappa shape index (κ3) is 4.21. The predicted octanol–water partition coefficient (Wildman–Crippen LogP) is 1.94. The molecule has 19 heavy (non-hydrogen) atoms. The number of nitrogens with two attached hydrogens (primary N) is 1. The Hall–Kier alpha value is -2.73. The van der Waals surface area contributed by atoms with E-state index in [0.717, 1.165) is 11.1 Å². The molecule has 3 N–H and O–H groups in total. The lowest BCUT2D eigenvalue weighted by atomic mass is 10.2. The predicted molar refractivity (Wildman–Crippen MR) is 76.0 cm³/mol. The van der Waals surface area contributed by atoms with Crippen molar-refractivity contribution in [1.29, 1.82) is 0 Å². The molecule has 94 valence electrons. The summed E-state index contributed by atoms with van der Waals surface area (Å²) in [4.78, 5) is 11.5. The highest BCUT2D eigenvalue weighted by molar-refractivity contribution is 5.94. The van der Waals surface area contributed by atoms with Gasteiger partial charge in [0.1, 0.15) is 0 Å². The SMILES string of the molecule is Nc1ccc(CNC(=O)C#Cc2ccccc2)cc1. The van der Waals surface area contributed by atoms with Gasteiger partial charge in [-0.25, -0.2) is 0 Å². The molecule has 2 aromatic carbocycles. The summed E-state index contributed by atoms with van der Waals surface area (Å²) < 4.78 is 0. The Morgan fingerprint density at radius 1 is 1.05 bits per heavy atom. The molecule has 0 aliphatic carbocycles. The van der Waals surface area contributed by atoms with Crippen molar-refractivity contribution < 1.29 is 4.79 Å². The van der Waals surface area contributed by atoms with Crippen LogP contribution in [0.1, 0.15) is 11.1 Å². The van der Waals surface area contributed by atoms with Crippen molar-refractivity contribution >= 4 is 11.6 Å². The van der Waals surface area contributed by atoms with Gasteiger partial charge in [0.2, 0.25) is 0 Å². The number of benzene rings is 2. The Balaban J connectivity index is 1.89. The molecule has 2 rings (SSSR count). The zero-order valence-electron chi connectivity index (χ0n) is 10.4. The summed E-state index contributed by atoms with van der Waals surface area (Å²) in [5.41, 5.74) is 8.11. The fourth-order valence-electron chi connectivity index (χ4n) is 1.51. The zero-order chi connectivity index (χ0) is 13.5. The molecule has 0 aliphatic heterocycles. The third-order valence-electron chi connectivity index (χ3n) is 2.53. The number of hydrogen-bond acceptors (Lipinski definition) is 2. The molecule has 0 bridgehead atoms. The Morgan fingerprint density at radius 2 is 1.74 bits per heavy atom. The van der Waals surface area contributed by atoms with Crippen LogP contribution in [0.4, 0.5) is 5.69 Å². The van der Waals surface area contributed by atoms with E-state index in [0.29, 0.717) is 12.2 Å². The van der Waals surface area contributed by atoms with Gasteiger partial charge in [-0.1, -0.05) is 36.3 Å². The molecule has 0 aliphatic rings. The smallest absolute Gasteiger partial charge is 0.296 e. The Labute approximate surface area is 112 Å². The van der Waals surface area contributed by atoms with Gasteiger partial charge in [0, 0.05) is 23.7 Å². The maximum absolute atomic E-state index is 11.5. The monoisotopic (exact) mass is 250 g/mol. The fraction of sp³-hybridized carbons (Fsp3) is 0.0625. The molecule has 0 radical (unpaired) electrons. The van der Waals surface area contributed by atoms with Crippen molar-refractivity contribution in [3.63, 3.8) is 0 Å². The van der Waals surface area contributed by atoms with Gasteiger partial charge in [-0.2, -0.15) is 0 Å². The van der Waals surface area contributed by atoms with E-state index < -0.39 is 0 Å². The maximum Gasteiger partial charge on any atom is 0.296 e. The number of nitrogen functional groups attached to an aromatic ring is 1. The van der Waals surface area contributed by atoms with Gasteiger partial charge in [0.05, 0.1) is 0 Å². The van der Waals surface area contributed by atoms with E-state index in [-0.39, 0.29) is 5.91 Å². The van der Waals surface area contributed by atoms with E-state index in [2.05, 4.69) is 17.2 Å². The third-order valence-corrected chi connectivity index (χ3v) is 2.53. The van der Waals surface area contributed by atoms with Gasteiger partial charge >= 0.3 is 0 Å². The fourth-order valence-corrected chi connectivity index (χ4v) is 1.51. The van der Waals surface area contributed by atoms with Crippen LogP contribution in [-0.2, 0) is 11.3 Å². The number of nitrogens with one attached hydrogen (secondary N) is 1. The first-order valence-electron chi connectivity index (χ1n) is 5.93. The second kappa shape index (κ2) is 6.27. The first-order valence-corrected chi connectivity index (χ1v) is 5.93. The number of rotatable bonds is 2. The summed E-state index contributed by atoms with van der Waals surface area (Å²) >= 11 is 0. The van der Waals surface area contributed by atoms with Crippen molar-refractivity contribution in [2.75, 3.05) is 5.73 Å². The van der Waals surface area contributed by atoms with Crippen LogP contribution in [-0.4, -0.2) is 5.91 Å². The molecule has 0 unspecified atom stereocenters. The van der Waals surface area contributed by atoms with Gasteiger partial charge in [-0.3, -0.25) is 4.79 Å². The van der Waals surface area contributed by atoms with Crippen LogP contribution in [0.5, 0.6) is 0 Å². The van der Waals surface area contributed by atoms with Crippen LogP contribution in [0, 0.1) is 11.8 Å². The zero-order valence-corrected chi connectivity index (χ0v) is 10.4. The molecule has 0 atom stereocenters. The second-order valence-corrected chi connectivity index (χ2v) is 4.04. The van der Waals surface area contributed by atoms with Crippen LogP contribution in [0.25, 0.3) is 0 Å². The standard InChI is InChI=1S/C16H14N2O/c17-15-9-6-14(7-10-15)12-18-16(19)11-8-13-4-2-1-3-5-13/h1-7,9-10H,12,17H2,(H,18,19). The summed E-state index contributed by atoms with van der Waals surface area (Å²) in [6, 6.07) is 16.8. The van der Waals surface area contributed by atoms with Crippen LogP contribution in [0.3, 0.4) is 0 Å². The van der Waals surface area contributed by atoms with Crippen LogP contribution >= 0.6 is 0 Å². The number of carbonyl (C=O) groups excluding carboxylic acids is 1. The normalized spacial score (nSPS) is 9.26. The molecule has 1 amide bonds. The summed E-state index contributed by atoms with van der Waals surface area (Å²) in [6.07, 6.45) is 0. The minimum Gasteiger partial charge on any atom is -0.399 e. The van der Waals surface area contributed by atoms with Crippen LogP contribution in [0.2, 0.25) is 0 Å². The highest BCUT2D eigenvalue weighted by Crippen LogP contribution is 2.04. The minimum atomic E-state index is -0.291. The molecule has 3 nitrogen and oxygen atoms in total. The Bertz CT molecular complexity index is 607. The lowest BCUT2D eigenvalue weighted by molar-refractivity contribution is -0.115. The minimum absolute atomic E-state index is 0.291. The molecular weight excluding hydrogens is 236 g/mol. The maximum atomic E-state index is 11.5. The van der Waals surface area contributed by atoms with Gasteiger partial charge in [0.15, 0.2) is 0 Å². The number of carbonyl (C=O) groups is 1. The van der Waals surface area contributed by atoms with Crippen molar-refractivity contribution in [2.24, 2.45) is 0 Å². The summed E-state index contributed by atoms with van der Waals surface area (Å²) in [6.45, 7) is 0.447. The average molecular weight is 250 g/mol. The van der Waals surface area contributed by atoms with Gasteiger partial charge < -0.3 is 11.1 Å². The molecule has 0 spiro atoms. The molecule has 0 fully saturated rings. The summed E-state index contributed by atoms with van der Waals surface area (Å²) in [7, 11) is 0. The molecule has 0 saturated carbocycles. The topological polar surface area (TPSA) is 55.1 Å². The van der Waals surface area contributed by atoms with Crippen molar-refractivity contribution in [3.8, 4) is 11.8 Å². The van der Waals surface area contributed by atoms with E-state index in [1.165, 1.54) is 0 Å². The number of hydrogen-bond donors (Lipinski definition) is 2. The second-order valence-electron chi connectivity index (χ2n) is 4.04. The van der Waals surface area contributed by atoms with E-state index in [4.69, 9.17) is 5.73 Å². The van der Waals surface area contributed by atoms with Crippen LogP contribution < -0.4 is 11.1 Å². The highest BCUT2D eigenvalue weighted by Gasteiger charge is 1.96. The lowest BCUT2D eigenvalue weighted by Crippen LogP contribution is -2.20. The molecule has 0 heterocycles. The number of amides is 1. The van der Waals surface area contributed by atoms with Gasteiger partial charge in [-0.15, -0.1) is 0 Å². The quantitative estimate of drug-likeness (QED) is 0.632. The lowest BCUT2D eigenvalue weighted by Gasteiger charge is -2.01. The van der Waals surface area contributed by atoms with Crippen molar-refractivity contribution in [2.45, 2.75) is 6.54 Å². The molecule has 2 aromatic rings. The average Bonchev–Trinajstić information content (AvgIpc) is 2.45. The van der Waals surface area contributed by atoms with Crippen molar-refractivity contribution in [1.82, 2.24) is 5.32 Å². The first kappa shape index (κ1) is 12.7. The van der Waals surface area contributed by atoms with Crippen LogP contribution in [0.15, 0.2) is 54.6 Å². The first-order chi connectivity index (χ1) is 9.24. The van der Waals surface area contributed by atoms with Crippen molar-refractivity contribution in [3.05, 3.63) is 65.7 Å². The number of anilines is 1. The Morgan fingerprint density at radius 3 is 2.42 bits per heavy atom. The summed E-state index contributed by atoms with van der Waals surface area (Å²) in [5, 5.41) is 2.74. The van der Waals surface area contributed by atoms with E-state index in [1.807, 2.05) is 42.5 Å². The summed E-state index contributed by atoms with van der Waals surface area (Å²) in [5.74, 6) is 5.07. The Kier molecular flexibility index (Phi) is 4.20. The van der Waals surface area contributed by atoms with Gasteiger partial charge in [-0.05, 0) is 29.8 Å². The highest BCUT2D eigenvalue weighted by atomic mass is 16.1. The van der Waals surface area contributed by atoms with Gasteiger partial charge in [0.25, 0.3) is 5.91 Å². The molecule has 3 heteroatoms. The van der Waals surface area contributed by atoms with E-state index in [9.17, 15) is 4.79 Å². The molecular formula is C16H14N2O.